The zero-order valence-corrected chi connectivity index (χ0v) is 14.1. The number of nitrogens with one attached hydrogen (secondary N) is 1. The van der Waals surface area contributed by atoms with Gasteiger partial charge in [0.1, 0.15) is 0 Å². The Kier molecular flexibility index (Phi) is 4.22. The summed E-state index contributed by atoms with van der Waals surface area (Å²) in [6.07, 6.45) is 8.50. The molecule has 1 N–H and O–H groups in total. The predicted octanol–water partition coefficient (Wildman–Crippen LogP) is 3.30. The first-order valence-corrected chi connectivity index (χ1v) is 8.95. The molecule has 5 nitrogen and oxygen atoms in total. The van der Waals surface area contributed by atoms with Crippen LogP contribution in [0.1, 0.15) is 48.9 Å². The van der Waals surface area contributed by atoms with E-state index in [1.807, 2.05) is 12.1 Å². The van der Waals surface area contributed by atoms with Gasteiger partial charge in [-0.25, -0.2) is 4.98 Å². The molecule has 1 fully saturated rings. The maximum atomic E-state index is 12.8. The van der Waals surface area contributed by atoms with E-state index >= 15 is 0 Å². The monoisotopic (exact) mass is 335 g/mol. The molecule has 0 aliphatic heterocycles. The van der Waals surface area contributed by atoms with E-state index in [1.54, 1.807) is 30.5 Å². The highest BCUT2D eigenvalue weighted by atomic mass is 16.2. The van der Waals surface area contributed by atoms with Crippen LogP contribution in [0.4, 0.5) is 0 Å². The van der Waals surface area contributed by atoms with Crippen molar-refractivity contribution in [3.05, 3.63) is 58.5 Å². The summed E-state index contributed by atoms with van der Waals surface area (Å²) in [6.45, 7) is 0. The fourth-order valence-corrected chi connectivity index (χ4v) is 3.64. The highest BCUT2D eigenvalue weighted by molar-refractivity contribution is 6.00. The van der Waals surface area contributed by atoms with Gasteiger partial charge in [-0.1, -0.05) is 37.8 Å². The van der Waals surface area contributed by atoms with Gasteiger partial charge in [-0.05, 0) is 37.1 Å². The molecule has 1 aliphatic carbocycles. The molecule has 0 spiro atoms. The Balaban J connectivity index is 1.76. The number of hydrogen-bond donors (Lipinski definition) is 1. The summed E-state index contributed by atoms with van der Waals surface area (Å²) in [5, 5.41) is 3.70. The number of aromatic nitrogens is 2. The molecule has 2 heterocycles. The molecular weight excluding hydrogens is 314 g/mol. The lowest BCUT2D eigenvalue weighted by Gasteiger charge is -2.17. The van der Waals surface area contributed by atoms with E-state index in [-0.39, 0.29) is 17.5 Å². The molecular formula is C20H21N3O2. The van der Waals surface area contributed by atoms with Crippen LogP contribution < -0.4 is 10.9 Å². The summed E-state index contributed by atoms with van der Waals surface area (Å²) in [5.41, 5.74) is 1.33. The van der Waals surface area contributed by atoms with Crippen molar-refractivity contribution in [2.24, 2.45) is 0 Å². The maximum absolute atomic E-state index is 12.8. The predicted molar refractivity (Wildman–Crippen MR) is 97.9 cm³/mol. The van der Waals surface area contributed by atoms with Crippen LogP contribution in [0.25, 0.3) is 16.6 Å². The van der Waals surface area contributed by atoms with E-state index in [4.69, 9.17) is 0 Å². The summed E-state index contributed by atoms with van der Waals surface area (Å²) in [6, 6.07) is 10.9. The van der Waals surface area contributed by atoms with Crippen LogP contribution in [0, 0.1) is 0 Å². The lowest BCUT2D eigenvalue weighted by molar-refractivity contribution is 0.0934. The first kappa shape index (κ1) is 15.8. The Morgan fingerprint density at radius 3 is 2.60 bits per heavy atom. The number of benzene rings is 1. The van der Waals surface area contributed by atoms with Gasteiger partial charge in [0.15, 0.2) is 5.65 Å². The second-order valence-electron chi connectivity index (χ2n) is 6.71. The van der Waals surface area contributed by atoms with Gasteiger partial charge < -0.3 is 5.32 Å². The molecule has 0 radical (unpaired) electrons. The average Bonchev–Trinajstić information content (AvgIpc) is 2.90. The van der Waals surface area contributed by atoms with Crippen LogP contribution in [-0.4, -0.2) is 21.3 Å². The van der Waals surface area contributed by atoms with Gasteiger partial charge in [-0.2, -0.15) is 0 Å². The van der Waals surface area contributed by atoms with E-state index in [2.05, 4.69) is 10.3 Å². The third-order valence-corrected chi connectivity index (χ3v) is 4.98. The summed E-state index contributed by atoms with van der Waals surface area (Å²) in [4.78, 5) is 30.1. The molecule has 0 unspecified atom stereocenters. The van der Waals surface area contributed by atoms with Crippen molar-refractivity contribution in [3.8, 4) is 0 Å². The van der Waals surface area contributed by atoms with Crippen molar-refractivity contribution in [2.45, 2.75) is 44.6 Å². The van der Waals surface area contributed by atoms with Crippen LogP contribution in [0.5, 0.6) is 0 Å². The fourth-order valence-electron chi connectivity index (χ4n) is 3.64. The van der Waals surface area contributed by atoms with Crippen molar-refractivity contribution in [3.63, 3.8) is 0 Å². The molecule has 3 aromatic rings. The topological polar surface area (TPSA) is 63.5 Å². The number of hydrogen-bond acceptors (Lipinski definition) is 3. The van der Waals surface area contributed by atoms with Gasteiger partial charge in [-0.15, -0.1) is 0 Å². The molecule has 1 saturated carbocycles. The second-order valence-corrected chi connectivity index (χ2v) is 6.71. The Labute approximate surface area is 145 Å². The highest BCUT2D eigenvalue weighted by Crippen LogP contribution is 2.18. The molecule has 128 valence electrons. The maximum Gasteiger partial charge on any atom is 0.265 e. The Hall–Kier alpha value is -2.69. The third-order valence-electron chi connectivity index (χ3n) is 4.98. The number of carbonyl (C=O) groups excluding carboxylic acids is 1. The lowest BCUT2D eigenvalue weighted by Crippen LogP contribution is -2.35. The zero-order chi connectivity index (χ0) is 17.2. The third kappa shape index (κ3) is 3.02. The first-order valence-electron chi connectivity index (χ1n) is 8.95. The molecule has 1 amide bonds. The van der Waals surface area contributed by atoms with Gasteiger partial charge in [0, 0.05) is 12.2 Å². The first-order chi connectivity index (χ1) is 12.2. The highest BCUT2D eigenvalue weighted by Gasteiger charge is 2.19. The Morgan fingerprint density at radius 2 is 1.80 bits per heavy atom. The number of pyridine rings is 1. The summed E-state index contributed by atoms with van der Waals surface area (Å²) < 4.78 is 1.46. The minimum atomic E-state index is -0.148. The van der Waals surface area contributed by atoms with E-state index in [1.165, 1.54) is 17.2 Å². The van der Waals surface area contributed by atoms with Crippen LogP contribution in [-0.2, 0) is 0 Å². The van der Waals surface area contributed by atoms with Crippen molar-refractivity contribution in [2.75, 3.05) is 0 Å². The number of rotatable bonds is 2. The van der Waals surface area contributed by atoms with Crippen molar-refractivity contribution in [1.29, 1.82) is 0 Å². The number of fused-ring (bicyclic) bond motifs is 2. The molecule has 2 aromatic heterocycles. The van der Waals surface area contributed by atoms with Crippen molar-refractivity contribution >= 4 is 22.5 Å². The number of para-hydroxylation sites is 1. The van der Waals surface area contributed by atoms with Gasteiger partial charge in [-0.3, -0.25) is 14.0 Å². The summed E-state index contributed by atoms with van der Waals surface area (Å²) >= 11 is 0. The van der Waals surface area contributed by atoms with Gasteiger partial charge >= 0.3 is 0 Å². The Bertz CT molecular complexity index is 985. The van der Waals surface area contributed by atoms with Crippen LogP contribution in [0.3, 0.4) is 0 Å². The molecule has 1 aromatic carbocycles. The van der Waals surface area contributed by atoms with E-state index in [0.717, 1.165) is 25.7 Å². The van der Waals surface area contributed by atoms with Gasteiger partial charge in [0.2, 0.25) is 0 Å². The molecule has 0 saturated heterocycles. The smallest absolute Gasteiger partial charge is 0.265 e. The summed E-state index contributed by atoms with van der Waals surface area (Å²) in [5.74, 6) is -0.146. The van der Waals surface area contributed by atoms with E-state index < -0.39 is 0 Å². The van der Waals surface area contributed by atoms with Crippen molar-refractivity contribution < 1.29 is 4.79 Å². The standard InChI is InChI=1S/C20H21N3O2/c24-19(21-14-8-3-1-2-4-9-14)16-11-7-13-23-18(16)22-17-12-6-5-10-15(17)20(23)25/h5-7,10-14H,1-4,8-9H2,(H,21,24). The van der Waals surface area contributed by atoms with Crippen LogP contribution >= 0.6 is 0 Å². The normalized spacial score (nSPS) is 16.0. The minimum Gasteiger partial charge on any atom is -0.349 e. The van der Waals surface area contributed by atoms with Crippen molar-refractivity contribution in [1.82, 2.24) is 14.7 Å². The molecule has 1 aliphatic rings. The largest absolute Gasteiger partial charge is 0.349 e. The number of amides is 1. The molecule has 0 bridgehead atoms. The lowest BCUT2D eigenvalue weighted by atomic mass is 10.1. The quantitative estimate of drug-likeness (QED) is 0.577. The minimum absolute atomic E-state index is 0.146. The van der Waals surface area contributed by atoms with Crippen LogP contribution in [0.2, 0.25) is 0 Å². The number of nitrogens with zero attached hydrogens (tertiary/aromatic N) is 2. The van der Waals surface area contributed by atoms with E-state index in [0.29, 0.717) is 22.1 Å². The number of carbonyl (C=O) groups is 1. The van der Waals surface area contributed by atoms with E-state index in [9.17, 15) is 9.59 Å². The fraction of sp³-hybridized carbons (Fsp3) is 0.350. The molecule has 4 rings (SSSR count). The van der Waals surface area contributed by atoms with Gasteiger partial charge in [0.05, 0.1) is 16.5 Å². The zero-order valence-electron chi connectivity index (χ0n) is 14.1. The summed E-state index contributed by atoms with van der Waals surface area (Å²) in [7, 11) is 0. The molecule has 5 heteroatoms. The Morgan fingerprint density at radius 1 is 1.04 bits per heavy atom. The van der Waals surface area contributed by atoms with Crippen LogP contribution in [0.15, 0.2) is 47.4 Å². The molecule has 0 atom stereocenters. The molecule has 25 heavy (non-hydrogen) atoms. The second kappa shape index (κ2) is 6.67. The van der Waals surface area contributed by atoms with Gasteiger partial charge in [0.25, 0.3) is 11.5 Å². The average molecular weight is 335 g/mol. The SMILES string of the molecule is O=C(NC1CCCCCC1)c1cccn2c(=O)c3ccccc3nc12.